The first kappa shape index (κ1) is 22.5. The van der Waals surface area contributed by atoms with E-state index in [1.807, 2.05) is 13.0 Å². The van der Waals surface area contributed by atoms with Gasteiger partial charge < -0.3 is 15.1 Å². The molecule has 0 unspecified atom stereocenters. The predicted molar refractivity (Wildman–Crippen MR) is 125 cm³/mol. The molecule has 0 radical (unpaired) electrons. The number of sulfonamides is 1. The number of nitrogens with zero attached hydrogens (tertiary/aromatic N) is 5. The van der Waals surface area contributed by atoms with Crippen molar-refractivity contribution in [3.63, 3.8) is 0 Å². The molecule has 2 fully saturated rings. The summed E-state index contributed by atoms with van der Waals surface area (Å²) in [6, 6.07) is 8.25. The highest BCUT2D eigenvalue weighted by Gasteiger charge is 2.29. The molecule has 4 rings (SSSR count). The lowest BCUT2D eigenvalue weighted by Gasteiger charge is -2.35. The van der Waals surface area contributed by atoms with E-state index in [2.05, 4.69) is 20.1 Å². The van der Waals surface area contributed by atoms with Crippen LogP contribution in [0.25, 0.3) is 0 Å². The van der Waals surface area contributed by atoms with Gasteiger partial charge in [-0.1, -0.05) is 0 Å². The fourth-order valence-electron chi connectivity index (χ4n) is 4.15. The monoisotopic (exact) mass is 458 g/mol. The number of carbonyl (C=O) groups is 1. The summed E-state index contributed by atoms with van der Waals surface area (Å²) in [4.78, 5) is 25.2. The number of aryl methyl sites for hydroxylation is 1. The third-order valence-electron chi connectivity index (χ3n) is 5.84. The molecule has 9 nitrogen and oxygen atoms in total. The van der Waals surface area contributed by atoms with E-state index < -0.39 is 10.0 Å². The van der Waals surface area contributed by atoms with Gasteiger partial charge in [0.2, 0.25) is 21.9 Å². The molecule has 1 aromatic heterocycles. The molecule has 10 heteroatoms. The number of rotatable bonds is 5. The Labute approximate surface area is 189 Å². The van der Waals surface area contributed by atoms with Gasteiger partial charge in [-0.2, -0.15) is 9.29 Å². The van der Waals surface area contributed by atoms with E-state index in [-0.39, 0.29) is 10.8 Å². The summed E-state index contributed by atoms with van der Waals surface area (Å²) >= 11 is 0. The lowest BCUT2D eigenvalue weighted by atomic mass is 10.1. The van der Waals surface area contributed by atoms with Crippen molar-refractivity contribution >= 4 is 33.4 Å². The number of aromatic nitrogens is 2. The molecular formula is C22H30N6O3S. The highest BCUT2D eigenvalue weighted by atomic mass is 32.2. The van der Waals surface area contributed by atoms with Gasteiger partial charge >= 0.3 is 0 Å². The third-order valence-corrected chi connectivity index (χ3v) is 7.76. The van der Waals surface area contributed by atoms with E-state index in [1.54, 1.807) is 12.1 Å². The van der Waals surface area contributed by atoms with Crippen molar-refractivity contribution in [3.8, 4) is 0 Å². The standard InChI is InChI=1S/C22H30N6O3S/c1-17-16-21(25-22(23-17)27-10-4-3-5-11-27)26-12-14-28(15-13-26)32(30,31)20-8-6-19(7-9-20)24-18(2)29/h6-9,16H,3-5,10-15H2,1-2H3,(H,24,29). The van der Waals surface area contributed by atoms with Crippen molar-refractivity contribution in [2.24, 2.45) is 0 Å². The molecule has 0 saturated carbocycles. The van der Waals surface area contributed by atoms with Gasteiger partial charge in [0, 0.05) is 63.6 Å². The van der Waals surface area contributed by atoms with Crippen LogP contribution in [0, 0.1) is 6.92 Å². The molecule has 1 aromatic carbocycles. The molecule has 2 aromatic rings. The van der Waals surface area contributed by atoms with E-state index >= 15 is 0 Å². The van der Waals surface area contributed by atoms with Crippen LogP contribution in [-0.2, 0) is 14.8 Å². The molecule has 2 aliphatic rings. The molecule has 0 spiro atoms. The van der Waals surface area contributed by atoms with Gasteiger partial charge in [0.25, 0.3) is 0 Å². The Morgan fingerprint density at radius 3 is 2.19 bits per heavy atom. The van der Waals surface area contributed by atoms with Gasteiger partial charge in [-0.15, -0.1) is 0 Å². The normalized spacial score (nSPS) is 17.9. The van der Waals surface area contributed by atoms with Crippen LogP contribution >= 0.6 is 0 Å². The maximum atomic E-state index is 13.1. The van der Waals surface area contributed by atoms with E-state index in [0.717, 1.165) is 43.4 Å². The molecule has 2 saturated heterocycles. The quantitative estimate of drug-likeness (QED) is 0.734. The van der Waals surface area contributed by atoms with Crippen LogP contribution in [0.15, 0.2) is 35.2 Å². The summed E-state index contributed by atoms with van der Waals surface area (Å²) < 4.78 is 27.6. The van der Waals surface area contributed by atoms with Crippen molar-refractivity contribution < 1.29 is 13.2 Å². The molecule has 172 valence electrons. The number of hydrogen-bond donors (Lipinski definition) is 1. The molecule has 32 heavy (non-hydrogen) atoms. The van der Waals surface area contributed by atoms with Gasteiger partial charge in [0.15, 0.2) is 0 Å². The minimum atomic E-state index is -3.59. The number of amides is 1. The first-order valence-corrected chi connectivity index (χ1v) is 12.5. The summed E-state index contributed by atoms with van der Waals surface area (Å²) in [6.07, 6.45) is 3.57. The van der Waals surface area contributed by atoms with E-state index in [9.17, 15) is 13.2 Å². The number of piperidine rings is 1. The van der Waals surface area contributed by atoms with Gasteiger partial charge in [0.1, 0.15) is 5.82 Å². The molecule has 0 atom stereocenters. The fourth-order valence-corrected chi connectivity index (χ4v) is 5.58. The Bertz CT molecular complexity index is 1060. The van der Waals surface area contributed by atoms with Gasteiger partial charge in [-0.3, -0.25) is 4.79 Å². The first-order valence-electron chi connectivity index (χ1n) is 11.1. The van der Waals surface area contributed by atoms with Crippen molar-refractivity contribution in [3.05, 3.63) is 36.0 Å². The van der Waals surface area contributed by atoms with E-state index in [4.69, 9.17) is 4.98 Å². The Hall–Kier alpha value is -2.72. The summed E-state index contributed by atoms with van der Waals surface area (Å²) in [7, 11) is -3.59. The second-order valence-electron chi connectivity index (χ2n) is 8.31. The molecule has 0 bridgehead atoms. The van der Waals surface area contributed by atoms with Crippen molar-refractivity contribution in [1.82, 2.24) is 14.3 Å². The number of hydrogen-bond acceptors (Lipinski definition) is 7. The average molecular weight is 459 g/mol. The van der Waals surface area contributed by atoms with Gasteiger partial charge in [-0.05, 0) is 50.5 Å². The second kappa shape index (κ2) is 9.41. The van der Waals surface area contributed by atoms with Crippen molar-refractivity contribution in [1.29, 1.82) is 0 Å². The van der Waals surface area contributed by atoms with Crippen molar-refractivity contribution in [2.45, 2.75) is 38.0 Å². The minimum Gasteiger partial charge on any atom is -0.354 e. The van der Waals surface area contributed by atoms with Crippen LogP contribution in [0.5, 0.6) is 0 Å². The fraction of sp³-hybridized carbons (Fsp3) is 0.500. The SMILES string of the molecule is CC(=O)Nc1ccc(S(=O)(=O)N2CCN(c3cc(C)nc(N4CCCCC4)n3)CC2)cc1. The Balaban J connectivity index is 1.43. The Kier molecular flexibility index (Phi) is 6.61. The van der Waals surface area contributed by atoms with Crippen LogP contribution in [0.1, 0.15) is 31.9 Å². The zero-order chi connectivity index (χ0) is 22.7. The predicted octanol–water partition coefficient (Wildman–Crippen LogP) is 2.24. The largest absolute Gasteiger partial charge is 0.354 e. The maximum Gasteiger partial charge on any atom is 0.243 e. The average Bonchev–Trinajstić information content (AvgIpc) is 2.79. The number of piperazine rings is 1. The first-order chi connectivity index (χ1) is 15.3. The Morgan fingerprint density at radius 2 is 1.56 bits per heavy atom. The highest BCUT2D eigenvalue weighted by Crippen LogP contribution is 2.24. The lowest BCUT2D eigenvalue weighted by Crippen LogP contribution is -2.49. The smallest absolute Gasteiger partial charge is 0.243 e. The highest BCUT2D eigenvalue weighted by molar-refractivity contribution is 7.89. The zero-order valence-electron chi connectivity index (χ0n) is 18.6. The minimum absolute atomic E-state index is 0.194. The molecule has 2 aliphatic heterocycles. The van der Waals surface area contributed by atoms with Crippen LogP contribution in [0.3, 0.4) is 0 Å². The van der Waals surface area contributed by atoms with E-state index in [0.29, 0.717) is 31.9 Å². The maximum absolute atomic E-state index is 13.1. The summed E-state index contributed by atoms with van der Waals surface area (Å²) in [5, 5.41) is 2.65. The van der Waals surface area contributed by atoms with Crippen LogP contribution in [-0.4, -0.2) is 67.9 Å². The number of benzene rings is 1. The van der Waals surface area contributed by atoms with Crippen molar-refractivity contribution in [2.75, 3.05) is 54.4 Å². The molecule has 1 amide bonds. The number of carbonyl (C=O) groups excluding carboxylic acids is 1. The van der Waals surface area contributed by atoms with Gasteiger partial charge in [-0.25, -0.2) is 13.4 Å². The lowest BCUT2D eigenvalue weighted by molar-refractivity contribution is -0.114. The van der Waals surface area contributed by atoms with Crippen LogP contribution < -0.4 is 15.1 Å². The van der Waals surface area contributed by atoms with E-state index in [1.165, 1.54) is 29.8 Å². The molecular weight excluding hydrogens is 428 g/mol. The number of anilines is 3. The Morgan fingerprint density at radius 1 is 0.906 bits per heavy atom. The zero-order valence-corrected chi connectivity index (χ0v) is 19.4. The molecule has 3 heterocycles. The van der Waals surface area contributed by atoms with Gasteiger partial charge in [0.05, 0.1) is 4.90 Å². The summed E-state index contributed by atoms with van der Waals surface area (Å²) in [6.45, 7) is 7.27. The van der Waals surface area contributed by atoms with Crippen LogP contribution in [0.4, 0.5) is 17.5 Å². The second-order valence-corrected chi connectivity index (χ2v) is 10.2. The summed E-state index contributed by atoms with van der Waals surface area (Å²) in [5.41, 5.74) is 1.50. The third kappa shape index (κ3) is 5.02. The number of nitrogens with one attached hydrogen (secondary N) is 1. The topological polar surface area (TPSA) is 98.7 Å². The molecule has 0 aliphatic carbocycles. The molecule has 1 N–H and O–H groups in total. The summed E-state index contributed by atoms with van der Waals surface area (Å²) in [5.74, 6) is 1.43. The van der Waals surface area contributed by atoms with Crippen LogP contribution in [0.2, 0.25) is 0 Å².